The second-order valence-electron chi connectivity index (χ2n) is 5.39. The summed E-state index contributed by atoms with van der Waals surface area (Å²) in [6.45, 7) is 3.41. The van der Waals surface area contributed by atoms with E-state index in [2.05, 4.69) is 5.32 Å². The van der Waals surface area contributed by atoms with E-state index in [0.29, 0.717) is 30.4 Å². The number of carbonyl (C=O) groups excluding carboxylic acids is 1. The summed E-state index contributed by atoms with van der Waals surface area (Å²) >= 11 is 5.91. The van der Waals surface area contributed by atoms with E-state index >= 15 is 0 Å². The molecule has 2 N–H and O–H groups in total. The molecule has 21 heavy (non-hydrogen) atoms. The molecule has 1 aliphatic heterocycles. The van der Waals surface area contributed by atoms with Crippen LogP contribution in [0.3, 0.4) is 0 Å². The summed E-state index contributed by atoms with van der Waals surface area (Å²) in [6, 6.07) is 5.14. The molecule has 5 nitrogen and oxygen atoms in total. The van der Waals surface area contributed by atoms with Gasteiger partial charge in [-0.1, -0.05) is 24.6 Å². The van der Waals surface area contributed by atoms with Gasteiger partial charge >= 0.3 is 6.03 Å². The molecule has 116 valence electrons. The lowest BCUT2D eigenvalue weighted by atomic mass is 9.96. The predicted molar refractivity (Wildman–Crippen MR) is 81.6 cm³/mol. The number of aliphatic hydroxyl groups is 1. The average Bonchev–Trinajstić information content (AvgIpc) is 2.48. The van der Waals surface area contributed by atoms with E-state index in [9.17, 15) is 9.90 Å². The van der Waals surface area contributed by atoms with Crippen molar-refractivity contribution in [3.63, 3.8) is 0 Å². The van der Waals surface area contributed by atoms with Crippen LogP contribution in [0.1, 0.15) is 18.9 Å². The second kappa shape index (κ2) is 7.00. The lowest BCUT2D eigenvalue weighted by Crippen LogP contribution is -2.49. The quantitative estimate of drug-likeness (QED) is 0.900. The monoisotopic (exact) mass is 312 g/mol. The van der Waals surface area contributed by atoms with E-state index in [1.807, 2.05) is 13.0 Å². The molecule has 1 saturated heterocycles. The molecule has 2 unspecified atom stereocenters. The SMILES string of the molecule is COc1cc(Cl)ccc1CNC(=O)N1CCC(C)C(O)C1. The normalized spacial score (nSPS) is 22.0. The van der Waals surface area contributed by atoms with Crippen molar-refractivity contribution in [3.8, 4) is 5.75 Å². The third kappa shape index (κ3) is 4.02. The van der Waals surface area contributed by atoms with Crippen LogP contribution in [0.4, 0.5) is 4.79 Å². The third-order valence-electron chi connectivity index (χ3n) is 3.89. The molecule has 1 aromatic rings. The van der Waals surface area contributed by atoms with Crippen LogP contribution in [0.5, 0.6) is 5.75 Å². The molecule has 1 heterocycles. The number of hydrogen-bond acceptors (Lipinski definition) is 3. The van der Waals surface area contributed by atoms with Crippen molar-refractivity contribution < 1.29 is 14.6 Å². The third-order valence-corrected chi connectivity index (χ3v) is 4.12. The number of hydrogen-bond donors (Lipinski definition) is 2. The van der Waals surface area contributed by atoms with Gasteiger partial charge in [0.15, 0.2) is 0 Å². The molecule has 0 saturated carbocycles. The first-order valence-corrected chi connectivity index (χ1v) is 7.42. The molecule has 0 bridgehead atoms. The summed E-state index contributed by atoms with van der Waals surface area (Å²) in [5.74, 6) is 0.889. The lowest BCUT2D eigenvalue weighted by Gasteiger charge is -2.34. The number of amides is 2. The minimum Gasteiger partial charge on any atom is -0.496 e. The van der Waals surface area contributed by atoms with Crippen LogP contribution in [0.15, 0.2) is 18.2 Å². The summed E-state index contributed by atoms with van der Waals surface area (Å²) < 4.78 is 5.25. The Labute approximate surface area is 129 Å². The molecule has 2 rings (SSSR count). The molecule has 1 fully saturated rings. The minimum absolute atomic E-state index is 0.169. The Hall–Kier alpha value is -1.46. The maximum absolute atomic E-state index is 12.1. The number of ether oxygens (including phenoxy) is 1. The summed E-state index contributed by atoms with van der Waals surface area (Å²) in [4.78, 5) is 13.8. The van der Waals surface area contributed by atoms with Gasteiger partial charge < -0.3 is 20.1 Å². The van der Waals surface area contributed by atoms with Crippen LogP contribution in [-0.2, 0) is 6.54 Å². The van der Waals surface area contributed by atoms with Crippen LogP contribution in [-0.4, -0.2) is 42.3 Å². The number of halogens is 1. The molecule has 2 amide bonds. The number of piperidine rings is 1. The van der Waals surface area contributed by atoms with Gasteiger partial charge in [-0.15, -0.1) is 0 Å². The molecule has 1 aromatic carbocycles. The fourth-order valence-electron chi connectivity index (χ4n) is 2.38. The first-order chi connectivity index (χ1) is 10.0. The Morgan fingerprint density at radius 1 is 1.57 bits per heavy atom. The smallest absolute Gasteiger partial charge is 0.317 e. The van der Waals surface area contributed by atoms with Crippen LogP contribution < -0.4 is 10.1 Å². The van der Waals surface area contributed by atoms with Gasteiger partial charge in [0.25, 0.3) is 0 Å². The Balaban J connectivity index is 1.92. The molecule has 0 aromatic heterocycles. The number of nitrogens with zero attached hydrogens (tertiary/aromatic N) is 1. The topological polar surface area (TPSA) is 61.8 Å². The van der Waals surface area contributed by atoms with Crippen LogP contribution in [0.25, 0.3) is 0 Å². The number of methoxy groups -OCH3 is 1. The molecule has 2 atom stereocenters. The molecule has 0 aliphatic carbocycles. The Bertz CT molecular complexity index is 510. The van der Waals surface area contributed by atoms with E-state index < -0.39 is 6.10 Å². The Kier molecular flexibility index (Phi) is 5.31. The summed E-state index contributed by atoms with van der Waals surface area (Å²) in [6.07, 6.45) is 0.369. The van der Waals surface area contributed by atoms with Gasteiger partial charge in [-0.25, -0.2) is 4.79 Å². The first-order valence-electron chi connectivity index (χ1n) is 7.04. The lowest BCUT2D eigenvalue weighted by molar-refractivity contribution is 0.0435. The number of benzene rings is 1. The van der Waals surface area contributed by atoms with E-state index in [0.717, 1.165) is 12.0 Å². The number of carbonyl (C=O) groups is 1. The maximum Gasteiger partial charge on any atom is 0.317 e. The Morgan fingerprint density at radius 2 is 2.33 bits per heavy atom. The zero-order valence-electron chi connectivity index (χ0n) is 12.3. The highest BCUT2D eigenvalue weighted by atomic mass is 35.5. The largest absolute Gasteiger partial charge is 0.496 e. The van der Waals surface area contributed by atoms with Gasteiger partial charge in [-0.2, -0.15) is 0 Å². The van der Waals surface area contributed by atoms with Crippen molar-refractivity contribution in [3.05, 3.63) is 28.8 Å². The molecule has 6 heteroatoms. The highest BCUT2D eigenvalue weighted by molar-refractivity contribution is 6.30. The van der Waals surface area contributed by atoms with Gasteiger partial charge in [-0.05, 0) is 24.5 Å². The van der Waals surface area contributed by atoms with Gasteiger partial charge in [0.2, 0.25) is 0 Å². The Morgan fingerprint density at radius 3 is 3.00 bits per heavy atom. The van der Waals surface area contributed by atoms with Crippen molar-refractivity contribution in [1.29, 1.82) is 0 Å². The second-order valence-corrected chi connectivity index (χ2v) is 5.83. The van der Waals surface area contributed by atoms with Crippen molar-refractivity contribution in [2.24, 2.45) is 5.92 Å². The minimum atomic E-state index is -0.449. The summed E-state index contributed by atoms with van der Waals surface area (Å²) in [5.41, 5.74) is 0.862. The number of likely N-dealkylation sites (tertiary alicyclic amines) is 1. The average molecular weight is 313 g/mol. The van der Waals surface area contributed by atoms with Crippen molar-refractivity contribution in [2.45, 2.75) is 26.0 Å². The van der Waals surface area contributed by atoms with Crippen LogP contribution in [0.2, 0.25) is 5.02 Å². The maximum atomic E-state index is 12.1. The van der Waals surface area contributed by atoms with Crippen molar-refractivity contribution >= 4 is 17.6 Å². The van der Waals surface area contributed by atoms with Crippen molar-refractivity contribution in [1.82, 2.24) is 10.2 Å². The van der Waals surface area contributed by atoms with Gasteiger partial charge in [0.1, 0.15) is 5.75 Å². The van der Waals surface area contributed by atoms with Gasteiger partial charge in [-0.3, -0.25) is 0 Å². The van der Waals surface area contributed by atoms with E-state index in [1.165, 1.54) is 0 Å². The fourth-order valence-corrected chi connectivity index (χ4v) is 2.54. The standard InChI is InChI=1S/C15H21ClN2O3/c1-10-5-6-18(9-13(10)19)15(20)17-8-11-3-4-12(16)7-14(11)21-2/h3-4,7,10,13,19H,5-6,8-9H2,1-2H3,(H,17,20). The number of urea groups is 1. The van der Waals surface area contributed by atoms with Crippen LogP contribution in [0, 0.1) is 5.92 Å². The number of aliphatic hydroxyl groups excluding tert-OH is 1. The zero-order chi connectivity index (χ0) is 15.4. The highest BCUT2D eigenvalue weighted by Crippen LogP contribution is 2.23. The highest BCUT2D eigenvalue weighted by Gasteiger charge is 2.27. The van der Waals surface area contributed by atoms with E-state index in [1.54, 1.807) is 24.1 Å². The zero-order valence-corrected chi connectivity index (χ0v) is 13.1. The molecular formula is C15H21ClN2O3. The molecular weight excluding hydrogens is 292 g/mol. The summed E-state index contributed by atoms with van der Waals surface area (Å²) in [7, 11) is 1.57. The predicted octanol–water partition coefficient (Wildman–Crippen LogP) is 2.26. The molecule has 1 aliphatic rings. The molecule has 0 spiro atoms. The van der Waals surface area contributed by atoms with Gasteiger partial charge in [0, 0.05) is 30.2 Å². The van der Waals surface area contributed by atoms with E-state index in [-0.39, 0.29) is 11.9 Å². The van der Waals surface area contributed by atoms with Crippen LogP contribution >= 0.6 is 11.6 Å². The number of β-amino-alcohol motifs (C(OH)–C–C–N with tert-alkyl or cyclic N) is 1. The van der Waals surface area contributed by atoms with Gasteiger partial charge in [0.05, 0.1) is 13.2 Å². The number of rotatable bonds is 3. The number of nitrogens with one attached hydrogen (secondary N) is 1. The first kappa shape index (κ1) is 15.9. The van der Waals surface area contributed by atoms with E-state index in [4.69, 9.17) is 16.3 Å². The fraction of sp³-hybridized carbons (Fsp3) is 0.533. The molecule has 0 radical (unpaired) electrons. The van der Waals surface area contributed by atoms with Crippen molar-refractivity contribution in [2.75, 3.05) is 20.2 Å². The summed E-state index contributed by atoms with van der Waals surface area (Å²) in [5, 5.41) is 13.3.